The number of fused-ring (bicyclic) bond motifs is 1. The molecule has 4 aromatic rings. The SMILES string of the molecule is Cc1c(C(=O)N(C)Cc2nc3ccccc3s2)cnn1-c1ccccc1F. The first-order chi connectivity index (χ1) is 13.0. The first kappa shape index (κ1) is 17.4. The van der Waals surface area contributed by atoms with Crippen LogP contribution in [0.3, 0.4) is 0 Å². The van der Waals surface area contributed by atoms with E-state index in [4.69, 9.17) is 0 Å². The maximum atomic E-state index is 14.1. The van der Waals surface area contributed by atoms with Gasteiger partial charge in [-0.25, -0.2) is 14.1 Å². The highest BCUT2D eigenvalue weighted by Gasteiger charge is 2.20. The van der Waals surface area contributed by atoms with Crippen molar-refractivity contribution < 1.29 is 9.18 Å². The largest absolute Gasteiger partial charge is 0.335 e. The van der Waals surface area contributed by atoms with Gasteiger partial charge in [0.1, 0.15) is 16.5 Å². The maximum Gasteiger partial charge on any atom is 0.257 e. The number of thiazole rings is 1. The number of hydrogen-bond acceptors (Lipinski definition) is 4. The van der Waals surface area contributed by atoms with Crippen LogP contribution in [0.15, 0.2) is 54.7 Å². The van der Waals surface area contributed by atoms with E-state index in [0.29, 0.717) is 23.5 Å². The van der Waals surface area contributed by atoms with Crippen LogP contribution in [0, 0.1) is 12.7 Å². The van der Waals surface area contributed by atoms with Crippen LogP contribution in [-0.4, -0.2) is 32.6 Å². The summed E-state index contributed by atoms with van der Waals surface area (Å²) in [4.78, 5) is 19.0. The molecule has 2 heterocycles. The van der Waals surface area contributed by atoms with Crippen LogP contribution in [0.2, 0.25) is 0 Å². The number of benzene rings is 2. The summed E-state index contributed by atoms with van der Waals surface area (Å²) >= 11 is 1.57. The van der Waals surface area contributed by atoms with Gasteiger partial charge in [0.05, 0.1) is 34.2 Å². The second-order valence-electron chi connectivity index (χ2n) is 6.24. The minimum Gasteiger partial charge on any atom is -0.335 e. The lowest BCUT2D eigenvalue weighted by atomic mass is 10.2. The summed E-state index contributed by atoms with van der Waals surface area (Å²) in [6.45, 7) is 2.17. The third-order valence-corrected chi connectivity index (χ3v) is 5.40. The van der Waals surface area contributed by atoms with Gasteiger partial charge in [-0.05, 0) is 31.2 Å². The fourth-order valence-corrected chi connectivity index (χ4v) is 3.97. The molecule has 1 amide bonds. The number of carbonyl (C=O) groups is 1. The van der Waals surface area contributed by atoms with Crippen molar-refractivity contribution in [3.63, 3.8) is 0 Å². The highest BCUT2D eigenvalue weighted by molar-refractivity contribution is 7.18. The Kier molecular flexibility index (Phi) is 4.45. The topological polar surface area (TPSA) is 51.0 Å². The van der Waals surface area contributed by atoms with Crippen molar-refractivity contribution >= 4 is 27.5 Å². The lowest BCUT2D eigenvalue weighted by Gasteiger charge is -2.15. The third-order valence-electron chi connectivity index (χ3n) is 4.38. The Hall–Kier alpha value is -3.06. The van der Waals surface area contributed by atoms with Gasteiger partial charge >= 0.3 is 0 Å². The molecule has 0 aliphatic rings. The van der Waals surface area contributed by atoms with Crippen molar-refractivity contribution in [3.05, 3.63) is 76.8 Å². The molecular formula is C20H17FN4OS. The lowest BCUT2D eigenvalue weighted by molar-refractivity contribution is 0.0784. The Balaban J connectivity index is 1.58. The van der Waals surface area contributed by atoms with Crippen LogP contribution >= 0.6 is 11.3 Å². The van der Waals surface area contributed by atoms with Gasteiger partial charge in [-0.3, -0.25) is 4.79 Å². The molecule has 4 rings (SSSR count). The van der Waals surface area contributed by atoms with E-state index in [-0.39, 0.29) is 11.7 Å². The van der Waals surface area contributed by atoms with Gasteiger partial charge in [-0.15, -0.1) is 11.3 Å². The zero-order valence-corrected chi connectivity index (χ0v) is 15.7. The van der Waals surface area contributed by atoms with E-state index in [1.165, 1.54) is 16.9 Å². The number of rotatable bonds is 4. The van der Waals surface area contributed by atoms with Crippen LogP contribution in [0.5, 0.6) is 0 Å². The van der Waals surface area contributed by atoms with E-state index in [1.54, 1.807) is 48.4 Å². The quantitative estimate of drug-likeness (QED) is 0.533. The van der Waals surface area contributed by atoms with Crippen LogP contribution in [-0.2, 0) is 6.54 Å². The van der Waals surface area contributed by atoms with Gasteiger partial charge in [0, 0.05) is 7.05 Å². The molecular weight excluding hydrogens is 363 g/mol. The van der Waals surface area contributed by atoms with Crippen LogP contribution in [0.1, 0.15) is 21.1 Å². The highest BCUT2D eigenvalue weighted by Crippen LogP contribution is 2.23. The average molecular weight is 380 g/mol. The second kappa shape index (κ2) is 6.92. The van der Waals surface area contributed by atoms with E-state index >= 15 is 0 Å². The highest BCUT2D eigenvalue weighted by atomic mass is 32.1. The minimum atomic E-state index is -0.384. The Labute approximate surface area is 159 Å². The molecule has 27 heavy (non-hydrogen) atoms. The zero-order chi connectivity index (χ0) is 19.0. The van der Waals surface area contributed by atoms with Gasteiger partial charge in [0.2, 0.25) is 0 Å². The molecule has 136 valence electrons. The Morgan fingerprint density at radius 3 is 2.70 bits per heavy atom. The molecule has 5 nitrogen and oxygen atoms in total. The van der Waals surface area contributed by atoms with Gasteiger partial charge in [-0.1, -0.05) is 24.3 Å². The molecule has 0 aliphatic heterocycles. The number of hydrogen-bond donors (Lipinski definition) is 0. The van der Waals surface area contributed by atoms with E-state index in [9.17, 15) is 9.18 Å². The molecule has 0 N–H and O–H groups in total. The molecule has 0 atom stereocenters. The van der Waals surface area contributed by atoms with Crippen molar-refractivity contribution in [1.29, 1.82) is 0 Å². The van der Waals surface area contributed by atoms with E-state index in [0.717, 1.165) is 15.2 Å². The summed E-state index contributed by atoms with van der Waals surface area (Å²) in [5.74, 6) is -0.556. The molecule has 0 unspecified atom stereocenters. The molecule has 0 spiro atoms. The second-order valence-corrected chi connectivity index (χ2v) is 7.36. The number of nitrogens with zero attached hydrogens (tertiary/aromatic N) is 4. The maximum absolute atomic E-state index is 14.1. The number of aromatic nitrogens is 3. The molecule has 0 saturated heterocycles. The van der Waals surface area contributed by atoms with Gasteiger partial charge in [0.25, 0.3) is 5.91 Å². The Morgan fingerprint density at radius 2 is 1.93 bits per heavy atom. The van der Waals surface area contributed by atoms with Crippen molar-refractivity contribution in [3.8, 4) is 5.69 Å². The molecule has 2 aromatic carbocycles. The summed E-state index contributed by atoms with van der Waals surface area (Å²) in [6.07, 6.45) is 1.49. The van der Waals surface area contributed by atoms with Crippen molar-refractivity contribution in [2.24, 2.45) is 0 Å². The number of amides is 1. The zero-order valence-electron chi connectivity index (χ0n) is 14.9. The van der Waals surface area contributed by atoms with E-state index < -0.39 is 0 Å². The number of carbonyl (C=O) groups excluding carboxylic acids is 1. The predicted molar refractivity (Wildman–Crippen MR) is 104 cm³/mol. The van der Waals surface area contributed by atoms with Crippen LogP contribution in [0.4, 0.5) is 4.39 Å². The smallest absolute Gasteiger partial charge is 0.257 e. The van der Waals surface area contributed by atoms with Gasteiger partial charge in [0.15, 0.2) is 0 Å². The fraction of sp³-hybridized carbons (Fsp3) is 0.150. The van der Waals surface area contributed by atoms with Crippen LogP contribution < -0.4 is 0 Å². The Morgan fingerprint density at radius 1 is 1.19 bits per heavy atom. The van der Waals surface area contributed by atoms with E-state index in [1.807, 2.05) is 24.3 Å². The summed E-state index contributed by atoms with van der Waals surface area (Å²) < 4.78 is 16.6. The molecule has 0 saturated carbocycles. The van der Waals surface area contributed by atoms with E-state index in [2.05, 4.69) is 10.1 Å². The monoisotopic (exact) mass is 380 g/mol. The van der Waals surface area contributed by atoms with Gasteiger partial charge in [-0.2, -0.15) is 5.10 Å². The summed E-state index contributed by atoms with van der Waals surface area (Å²) in [6, 6.07) is 14.3. The molecule has 0 bridgehead atoms. The Bertz CT molecular complexity index is 1100. The standard InChI is InChI=1S/C20H17FN4OS/c1-13-14(11-22-25(13)17-9-5-3-7-15(17)21)20(26)24(2)12-19-23-16-8-4-6-10-18(16)27-19/h3-11H,12H2,1-2H3. The fourth-order valence-electron chi connectivity index (χ4n) is 2.95. The van der Waals surface area contributed by atoms with Crippen molar-refractivity contribution in [1.82, 2.24) is 19.7 Å². The summed E-state index contributed by atoms with van der Waals surface area (Å²) in [7, 11) is 1.73. The molecule has 0 aliphatic carbocycles. The third kappa shape index (κ3) is 3.21. The summed E-state index contributed by atoms with van der Waals surface area (Å²) in [5, 5.41) is 5.08. The first-order valence-electron chi connectivity index (χ1n) is 8.44. The molecule has 0 radical (unpaired) electrons. The summed E-state index contributed by atoms with van der Waals surface area (Å²) in [5.41, 5.74) is 2.30. The molecule has 2 aromatic heterocycles. The normalized spacial score (nSPS) is 11.1. The average Bonchev–Trinajstić information content (AvgIpc) is 3.24. The predicted octanol–water partition coefficient (Wildman–Crippen LogP) is 4.20. The number of para-hydroxylation sites is 2. The first-order valence-corrected chi connectivity index (χ1v) is 9.25. The minimum absolute atomic E-state index is 0.172. The molecule has 7 heteroatoms. The van der Waals surface area contributed by atoms with Crippen molar-refractivity contribution in [2.75, 3.05) is 7.05 Å². The van der Waals surface area contributed by atoms with Crippen LogP contribution in [0.25, 0.3) is 15.9 Å². The number of halogens is 1. The van der Waals surface area contributed by atoms with Crippen molar-refractivity contribution in [2.45, 2.75) is 13.5 Å². The van der Waals surface area contributed by atoms with Gasteiger partial charge < -0.3 is 4.90 Å². The molecule has 0 fully saturated rings. The lowest BCUT2D eigenvalue weighted by Crippen LogP contribution is -2.26.